The van der Waals surface area contributed by atoms with E-state index in [2.05, 4.69) is 41.7 Å². The van der Waals surface area contributed by atoms with Crippen molar-refractivity contribution in [2.75, 3.05) is 18.2 Å². The highest BCUT2D eigenvalue weighted by Gasteiger charge is 2.21. The summed E-state index contributed by atoms with van der Waals surface area (Å²) in [4.78, 5) is 18.3. The van der Waals surface area contributed by atoms with Gasteiger partial charge in [0.2, 0.25) is 0 Å². The second kappa shape index (κ2) is 11.6. The molecule has 39 heavy (non-hydrogen) atoms. The predicted octanol–water partition coefficient (Wildman–Crippen LogP) is 5.55. The number of ether oxygens (including phenoxy) is 1. The van der Waals surface area contributed by atoms with Crippen LogP contribution in [0, 0.1) is 0 Å². The van der Waals surface area contributed by atoms with E-state index >= 15 is 0 Å². The molecule has 0 atom stereocenters. The van der Waals surface area contributed by atoms with Gasteiger partial charge >= 0.3 is 0 Å². The van der Waals surface area contributed by atoms with Crippen LogP contribution < -0.4 is 21.3 Å². The Labute approximate surface area is 227 Å². The molecule has 0 saturated heterocycles. The number of aromatic nitrogens is 2. The van der Waals surface area contributed by atoms with Crippen LogP contribution in [0.4, 0.5) is 11.5 Å². The van der Waals surface area contributed by atoms with E-state index in [1.54, 1.807) is 18.8 Å². The first-order valence-electron chi connectivity index (χ1n) is 12.7. The summed E-state index contributed by atoms with van der Waals surface area (Å²) >= 11 is 0. The summed E-state index contributed by atoms with van der Waals surface area (Å²) in [6, 6.07) is 35.9. The molecular weight excluding hydrogens is 486 g/mol. The van der Waals surface area contributed by atoms with Crippen LogP contribution in [0.15, 0.2) is 119 Å². The molecule has 5 rings (SSSR count). The van der Waals surface area contributed by atoms with E-state index in [0.29, 0.717) is 30.3 Å². The van der Waals surface area contributed by atoms with Crippen molar-refractivity contribution in [1.82, 2.24) is 9.36 Å². The minimum atomic E-state index is -0.220. The number of rotatable bonds is 8. The van der Waals surface area contributed by atoms with Crippen LogP contribution in [0.5, 0.6) is 5.75 Å². The highest BCUT2D eigenvalue weighted by molar-refractivity contribution is 6.10. The van der Waals surface area contributed by atoms with Gasteiger partial charge in [-0.05, 0) is 46.5 Å². The third kappa shape index (κ3) is 5.78. The average molecular weight is 518 g/mol. The maximum absolute atomic E-state index is 13.5. The molecule has 0 spiro atoms. The lowest BCUT2D eigenvalue weighted by Crippen LogP contribution is -2.25. The number of nitrogens with zero attached hydrogens (tertiary/aromatic N) is 3. The summed E-state index contributed by atoms with van der Waals surface area (Å²) in [5.74, 6) is 1.55. The van der Waals surface area contributed by atoms with Gasteiger partial charge in [-0.15, -0.1) is 0 Å². The highest BCUT2D eigenvalue weighted by Crippen LogP contribution is 2.21. The molecule has 0 unspecified atom stereocenters. The van der Waals surface area contributed by atoms with Crippen LogP contribution in [0.25, 0.3) is 11.1 Å². The van der Waals surface area contributed by atoms with Gasteiger partial charge in [-0.25, -0.2) is 0 Å². The summed E-state index contributed by atoms with van der Waals surface area (Å²) in [5, 5.41) is 3.33. The van der Waals surface area contributed by atoms with Crippen molar-refractivity contribution >= 4 is 17.3 Å². The minimum absolute atomic E-state index is 0.220. The number of nitrogens with one attached hydrogen (secondary N) is 1. The molecule has 0 aliphatic rings. The van der Waals surface area contributed by atoms with Crippen molar-refractivity contribution in [3.63, 3.8) is 0 Å². The molecule has 0 bridgehead atoms. The second-order valence-electron chi connectivity index (χ2n) is 9.21. The first-order valence-corrected chi connectivity index (χ1v) is 12.7. The molecule has 5 aromatic rings. The maximum atomic E-state index is 13.5. The van der Waals surface area contributed by atoms with E-state index in [0.717, 1.165) is 33.7 Å². The Hall–Kier alpha value is -5.04. The predicted molar refractivity (Wildman–Crippen MR) is 158 cm³/mol. The zero-order chi connectivity index (χ0) is 27.2. The molecule has 196 valence electrons. The van der Waals surface area contributed by atoms with Gasteiger partial charge in [0, 0.05) is 12.7 Å². The highest BCUT2D eigenvalue weighted by atomic mass is 16.5. The number of nitrogens with two attached hydrogens (primary N) is 1. The Morgan fingerprint density at radius 1 is 0.821 bits per heavy atom. The third-order valence-electron chi connectivity index (χ3n) is 6.65. The number of benzene rings is 4. The van der Waals surface area contributed by atoms with E-state index in [1.807, 2.05) is 72.8 Å². The monoisotopic (exact) mass is 517 g/mol. The summed E-state index contributed by atoms with van der Waals surface area (Å²) in [5.41, 5.74) is 11.9. The molecule has 1 aromatic heterocycles. The van der Waals surface area contributed by atoms with Crippen molar-refractivity contribution in [1.29, 1.82) is 0 Å². The number of aliphatic imine (C=N–C) groups is 1. The van der Waals surface area contributed by atoms with Crippen molar-refractivity contribution in [3.8, 4) is 16.9 Å². The quantitative estimate of drug-likeness (QED) is 0.209. The smallest absolute Gasteiger partial charge is 0.279 e. The lowest BCUT2D eigenvalue weighted by atomic mass is 10.0. The molecule has 4 aromatic carbocycles. The van der Waals surface area contributed by atoms with E-state index in [1.165, 1.54) is 4.68 Å². The van der Waals surface area contributed by atoms with E-state index in [9.17, 15) is 4.79 Å². The molecular formula is C32H31N5O2. The maximum Gasteiger partial charge on any atom is 0.279 e. The van der Waals surface area contributed by atoms with Gasteiger partial charge in [-0.3, -0.25) is 19.2 Å². The van der Waals surface area contributed by atoms with Crippen LogP contribution in [-0.4, -0.2) is 22.3 Å². The standard InChI is InChI=1S/C32H31N5O2/c1-36-32(38)29(30(33)37(36)22-24-15-19-28(39-2)20-16-24)31(35-27-11-7-4-8-12-27)34-21-23-13-17-26(18-14-23)25-9-5-3-6-10-25/h3-20H,21-22,33H2,1-2H3,(H,34,35). The van der Waals surface area contributed by atoms with Gasteiger partial charge < -0.3 is 15.8 Å². The Balaban J connectivity index is 1.47. The van der Waals surface area contributed by atoms with Crippen molar-refractivity contribution in [3.05, 3.63) is 136 Å². The Morgan fingerprint density at radius 2 is 1.41 bits per heavy atom. The molecule has 3 N–H and O–H groups in total. The second-order valence-corrected chi connectivity index (χ2v) is 9.21. The van der Waals surface area contributed by atoms with Crippen LogP contribution in [0.3, 0.4) is 0 Å². The molecule has 0 radical (unpaired) electrons. The number of para-hydroxylation sites is 1. The fraction of sp³-hybridized carbons (Fsp3) is 0.125. The van der Waals surface area contributed by atoms with Crippen LogP contribution in [0.2, 0.25) is 0 Å². The molecule has 0 aliphatic carbocycles. The fourth-order valence-electron chi connectivity index (χ4n) is 4.43. The van der Waals surface area contributed by atoms with Gasteiger partial charge in [0.15, 0.2) is 0 Å². The zero-order valence-corrected chi connectivity index (χ0v) is 22.0. The summed E-state index contributed by atoms with van der Waals surface area (Å²) in [7, 11) is 3.35. The minimum Gasteiger partial charge on any atom is -0.497 e. The first kappa shape index (κ1) is 25.6. The molecule has 0 aliphatic heterocycles. The van der Waals surface area contributed by atoms with E-state index < -0.39 is 0 Å². The lowest BCUT2D eigenvalue weighted by molar-refractivity contribution is 0.414. The Kier molecular flexibility index (Phi) is 7.59. The summed E-state index contributed by atoms with van der Waals surface area (Å²) < 4.78 is 8.55. The van der Waals surface area contributed by atoms with Gasteiger partial charge in [-0.1, -0.05) is 84.9 Å². The van der Waals surface area contributed by atoms with Crippen LogP contribution in [0.1, 0.15) is 16.7 Å². The normalized spacial score (nSPS) is 11.4. The van der Waals surface area contributed by atoms with E-state index in [4.69, 9.17) is 15.5 Å². The topological polar surface area (TPSA) is 86.6 Å². The Bertz CT molecular complexity index is 1620. The van der Waals surface area contributed by atoms with Crippen molar-refractivity contribution < 1.29 is 4.74 Å². The number of hydrogen-bond acceptors (Lipinski definition) is 4. The first-order chi connectivity index (χ1) is 19.0. The molecule has 1 heterocycles. The molecule has 0 saturated carbocycles. The zero-order valence-electron chi connectivity index (χ0n) is 22.0. The molecule has 7 heteroatoms. The Morgan fingerprint density at radius 3 is 2.05 bits per heavy atom. The SMILES string of the molecule is COc1ccc(Cn2c(N)c(C(=NCc3ccc(-c4ccccc4)cc3)Nc3ccccc3)c(=O)n2C)cc1. The molecule has 7 nitrogen and oxygen atoms in total. The van der Waals surface area contributed by atoms with Crippen molar-refractivity contribution in [2.24, 2.45) is 12.0 Å². The van der Waals surface area contributed by atoms with Crippen LogP contribution >= 0.6 is 0 Å². The van der Waals surface area contributed by atoms with E-state index in [-0.39, 0.29) is 5.56 Å². The number of hydrogen-bond donors (Lipinski definition) is 2. The largest absolute Gasteiger partial charge is 0.497 e. The van der Waals surface area contributed by atoms with Gasteiger partial charge in [0.1, 0.15) is 23.0 Å². The number of amidine groups is 1. The lowest BCUT2D eigenvalue weighted by Gasteiger charge is -2.12. The third-order valence-corrected chi connectivity index (χ3v) is 6.65. The molecule has 0 fully saturated rings. The van der Waals surface area contributed by atoms with Gasteiger partial charge in [0.25, 0.3) is 5.56 Å². The number of anilines is 2. The van der Waals surface area contributed by atoms with Gasteiger partial charge in [-0.2, -0.15) is 0 Å². The van der Waals surface area contributed by atoms with Crippen molar-refractivity contribution in [2.45, 2.75) is 13.1 Å². The summed E-state index contributed by atoms with van der Waals surface area (Å²) in [6.45, 7) is 0.817. The van der Waals surface area contributed by atoms with Gasteiger partial charge in [0.05, 0.1) is 20.2 Å². The molecule has 0 amide bonds. The average Bonchev–Trinajstić information content (AvgIpc) is 3.19. The number of methoxy groups -OCH3 is 1. The fourth-order valence-corrected chi connectivity index (χ4v) is 4.43. The summed E-state index contributed by atoms with van der Waals surface area (Å²) in [6.07, 6.45) is 0. The number of nitrogen functional groups attached to an aromatic ring is 1. The van der Waals surface area contributed by atoms with Crippen LogP contribution in [-0.2, 0) is 20.1 Å².